The average molecular weight is 413 g/mol. The highest BCUT2D eigenvalue weighted by molar-refractivity contribution is 6.30. The van der Waals surface area contributed by atoms with E-state index < -0.39 is 11.6 Å². The van der Waals surface area contributed by atoms with Gasteiger partial charge in [-0.25, -0.2) is 0 Å². The molecule has 1 amide bonds. The lowest BCUT2D eigenvalue weighted by atomic mass is 9.85. The van der Waals surface area contributed by atoms with Crippen molar-refractivity contribution in [2.75, 3.05) is 0 Å². The van der Waals surface area contributed by atoms with E-state index in [2.05, 4.69) is 11.4 Å². The van der Waals surface area contributed by atoms with Crippen LogP contribution in [0.3, 0.4) is 0 Å². The molecule has 6 heteroatoms. The topological polar surface area (TPSA) is 79.2 Å². The second-order valence-corrected chi connectivity index (χ2v) is 7.98. The predicted molar refractivity (Wildman–Crippen MR) is 113 cm³/mol. The van der Waals surface area contributed by atoms with Gasteiger partial charge in [-0.2, -0.15) is 5.26 Å². The zero-order valence-corrected chi connectivity index (χ0v) is 17.8. The first-order chi connectivity index (χ1) is 13.6. The van der Waals surface area contributed by atoms with Gasteiger partial charge in [-0.3, -0.25) is 9.59 Å². The van der Waals surface area contributed by atoms with Crippen molar-refractivity contribution < 1.29 is 14.3 Å². The minimum Gasteiger partial charge on any atom is -0.450 e. The maximum Gasteiger partial charge on any atom is 0.303 e. The van der Waals surface area contributed by atoms with Crippen LogP contribution in [0.4, 0.5) is 0 Å². The number of halogens is 1. The lowest BCUT2D eigenvalue weighted by molar-refractivity contribution is -0.163. The van der Waals surface area contributed by atoms with Crippen molar-refractivity contribution in [2.24, 2.45) is 0 Å². The molecule has 2 aromatic carbocycles. The molecule has 0 saturated heterocycles. The van der Waals surface area contributed by atoms with Crippen LogP contribution in [0.2, 0.25) is 5.02 Å². The fourth-order valence-electron chi connectivity index (χ4n) is 3.18. The van der Waals surface area contributed by atoms with Gasteiger partial charge in [0.05, 0.1) is 11.6 Å². The van der Waals surface area contributed by atoms with Gasteiger partial charge >= 0.3 is 5.97 Å². The summed E-state index contributed by atoms with van der Waals surface area (Å²) in [6.45, 7) is 6.29. The molecule has 0 heterocycles. The van der Waals surface area contributed by atoms with Gasteiger partial charge < -0.3 is 10.1 Å². The van der Waals surface area contributed by atoms with Crippen molar-refractivity contribution in [3.8, 4) is 6.07 Å². The zero-order valence-electron chi connectivity index (χ0n) is 17.0. The Bertz CT molecular complexity index is 916. The van der Waals surface area contributed by atoms with E-state index in [1.54, 1.807) is 19.9 Å². The van der Waals surface area contributed by atoms with Crippen molar-refractivity contribution in [3.05, 3.63) is 70.2 Å². The third-order valence-corrected chi connectivity index (χ3v) is 4.97. The Kier molecular flexibility index (Phi) is 7.41. The first kappa shape index (κ1) is 22.4. The van der Waals surface area contributed by atoms with Crippen molar-refractivity contribution >= 4 is 23.5 Å². The number of nitrogens with zero attached hydrogens (tertiary/aromatic N) is 1. The smallest absolute Gasteiger partial charge is 0.303 e. The molecular weight excluding hydrogens is 388 g/mol. The Balaban J connectivity index is 2.30. The molecule has 0 bridgehead atoms. The predicted octanol–water partition coefficient (Wildman–Crippen LogP) is 4.38. The maximum atomic E-state index is 12.7. The summed E-state index contributed by atoms with van der Waals surface area (Å²) in [6.07, 6.45) is 0.640. The number of rotatable bonds is 7. The summed E-state index contributed by atoms with van der Waals surface area (Å²) in [7, 11) is 0. The third-order valence-electron chi connectivity index (χ3n) is 4.72. The minimum absolute atomic E-state index is 0.0958. The molecule has 152 valence electrons. The van der Waals surface area contributed by atoms with Crippen LogP contribution in [0.15, 0.2) is 48.5 Å². The van der Waals surface area contributed by atoms with Gasteiger partial charge in [-0.15, -0.1) is 0 Å². The van der Waals surface area contributed by atoms with Crippen LogP contribution in [0.5, 0.6) is 0 Å². The average Bonchev–Trinajstić information content (AvgIpc) is 2.66. The van der Waals surface area contributed by atoms with Gasteiger partial charge in [0.1, 0.15) is 0 Å². The molecule has 0 unspecified atom stereocenters. The first-order valence-electron chi connectivity index (χ1n) is 9.37. The minimum atomic E-state index is -1.28. The normalized spacial score (nSPS) is 13.1. The van der Waals surface area contributed by atoms with Crippen LogP contribution >= 0.6 is 11.6 Å². The Morgan fingerprint density at radius 1 is 1.21 bits per heavy atom. The van der Waals surface area contributed by atoms with E-state index in [-0.39, 0.29) is 17.9 Å². The first-order valence-corrected chi connectivity index (χ1v) is 9.75. The Hall–Kier alpha value is -2.84. The fourth-order valence-corrected chi connectivity index (χ4v) is 3.31. The molecular formula is C23H25ClN2O3. The number of hydrogen-bond donors (Lipinski definition) is 1. The molecule has 0 aliphatic carbocycles. The Labute approximate surface area is 176 Å². The van der Waals surface area contributed by atoms with E-state index in [0.29, 0.717) is 17.0 Å². The number of amides is 1. The van der Waals surface area contributed by atoms with E-state index in [1.165, 1.54) is 6.92 Å². The highest BCUT2D eigenvalue weighted by Gasteiger charge is 2.33. The van der Waals surface area contributed by atoms with Crippen LogP contribution in [0.1, 0.15) is 50.3 Å². The van der Waals surface area contributed by atoms with Crippen LogP contribution < -0.4 is 5.32 Å². The monoisotopic (exact) mass is 412 g/mol. The SMILES string of the molecule is CC(=O)OC(C)(C)C(=O)N[C@@H](C)[C@@H](Cc1ccc(Cl)cc1)c1cccc(C#N)c1. The second-order valence-electron chi connectivity index (χ2n) is 7.54. The van der Waals surface area contributed by atoms with Crippen LogP contribution in [-0.2, 0) is 20.7 Å². The quantitative estimate of drug-likeness (QED) is 0.684. The summed E-state index contributed by atoms with van der Waals surface area (Å²) >= 11 is 5.99. The van der Waals surface area contributed by atoms with E-state index in [4.69, 9.17) is 16.3 Å². The number of esters is 1. The van der Waals surface area contributed by atoms with Gasteiger partial charge in [-0.1, -0.05) is 35.9 Å². The van der Waals surface area contributed by atoms with E-state index in [9.17, 15) is 14.9 Å². The fraction of sp³-hybridized carbons (Fsp3) is 0.348. The highest BCUT2D eigenvalue weighted by Crippen LogP contribution is 2.27. The van der Waals surface area contributed by atoms with Gasteiger partial charge in [0.2, 0.25) is 0 Å². The van der Waals surface area contributed by atoms with Gasteiger partial charge in [-0.05, 0) is 62.6 Å². The number of carbonyl (C=O) groups excluding carboxylic acids is 2. The molecule has 0 saturated carbocycles. The molecule has 0 radical (unpaired) electrons. The summed E-state index contributed by atoms with van der Waals surface area (Å²) in [6, 6.07) is 16.8. The number of benzene rings is 2. The lowest BCUT2D eigenvalue weighted by Crippen LogP contribution is -2.49. The largest absolute Gasteiger partial charge is 0.450 e. The molecule has 2 atom stereocenters. The maximum absolute atomic E-state index is 12.7. The Morgan fingerprint density at radius 3 is 2.45 bits per heavy atom. The van der Waals surface area contributed by atoms with Gasteiger partial charge in [0.15, 0.2) is 5.60 Å². The third kappa shape index (κ3) is 6.33. The van der Waals surface area contributed by atoms with Gasteiger partial charge in [0, 0.05) is 23.9 Å². The summed E-state index contributed by atoms with van der Waals surface area (Å²) < 4.78 is 5.15. The number of nitrogens with one attached hydrogen (secondary N) is 1. The summed E-state index contributed by atoms with van der Waals surface area (Å²) in [5.41, 5.74) is 1.28. The molecule has 1 N–H and O–H groups in total. The molecule has 0 aliphatic heterocycles. The zero-order chi connectivity index (χ0) is 21.6. The van der Waals surface area contributed by atoms with Crippen LogP contribution in [0, 0.1) is 11.3 Å². The number of nitriles is 1. The number of ether oxygens (including phenoxy) is 1. The Morgan fingerprint density at radius 2 is 1.86 bits per heavy atom. The highest BCUT2D eigenvalue weighted by atomic mass is 35.5. The van der Waals surface area contributed by atoms with Crippen LogP contribution in [0.25, 0.3) is 0 Å². The number of carbonyl (C=O) groups is 2. The van der Waals surface area contributed by atoms with Crippen molar-refractivity contribution in [1.29, 1.82) is 5.26 Å². The summed E-state index contributed by atoms with van der Waals surface area (Å²) in [5, 5.41) is 12.9. The van der Waals surface area contributed by atoms with Crippen LogP contribution in [-0.4, -0.2) is 23.5 Å². The standard InChI is InChI=1S/C23H25ClN2O3/c1-15(26-22(28)23(3,4)29-16(2)27)21(13-17-8-10-20(24)11-9-17)19-7-5-6-18(12-19)14-25/h5-12,15,21H,13H2,1-4H3,(H,26,28)/t15-,21+/m0/s1. The van der Waals surface area contributed by atoms with E-state index in [1.807, 2.05) is 49.4 Å². The van der Waals surface area contributed by atoms with Crippen molar-refractivity contribution in [2.45, 2.75) is 51.7 Å². The lowest BCUT2D eigenvalue weighted by Gasteiger charge is -2.30. The second kappa shape index (κ2) is 9.58. The van der Waals surface area contributed by atoms with Crippen molar-refractivity contribution in [1.82, 2.24) is 5.32 Å². The van der Waals surface area contributed by atoms with Gasteiger partial charge in [0.25, 0.3) is 5.91 Å². The molecule has 0 spiro atoms. The number of hydrogen-bond acceptors (Lipinski definition) is 4. The molecule has 0 aliphatic rings. The summed E-state index contributed by atoms with van der Waals surface area (Å²) in [5.74, 6) is -0.989. The molecule has 29 heavy (non-hydrogen) atoms. The summed E-state index contributed by atoms with van der Waals surface area (Å²) in [4.78, 5) is 24.0. The molecule has 5 nitrogen and oxygen atoms in total. The van der Waals surface area contributed by atoms with E-state index >= 15 is 0 Å². The van der Waals surface area contributed by atoms with Crippen molar-refractivity contribution in [3.63, 3.8) is 0 Å². The molecule has 0 aromatic heterocycles. The molecule has 0 fully saturated rings. The van der Waals surface area contributed by atoms with E-state index in [0.717, 1.165) is 11.1 Å². The molecule has 2 rings (SSSR count). The molecule has 2 aromatic rings.